The molecule has 0 saturated carbocycles. The van der Waals surface area contributed by atoms with Crippen LogP contribution < -0.4 is 4.90 Å². The Morgan fingerprint density at radius 3 is 2.32 bits per heavy atom. The Morgan fingerprint density at radius 1 is 1.21 bits per heavy atom. The molecule has 0 aromatic heterocycles. The van der Waals surface area contributed by atoms with Crippen LogP contribution in [0.1, 0.15) is 12.8 Å². The number of nitrogens with zero attached hydrogens (tertiary/aromatic N) is 1. The van der Waals surface area contributed by atoms with Gasteiger partial charge in [-0.1, -0.05) is 23.2 Å². The number of carbonyl (C=O) groups excluding carboxylic acids is 1. The number of hydrogen-bond donors (Lipinski definition) is 0. The monoisotopic (exact) mass is 311 g/mol. The van der Waals surface area contributed by atoms with Gasteiger partial charge in [0.2, 0.25) is 5.91 Å². The lowest BCUT2D eigenvalue weighted by molar-refractivity contribution is -0.151. The molecule has 0 bridgehead atoms. The summed E-state index contributed by atoms with van der Waals surface area (Å²) < 4.78 is 37.0. The highest BCUT2D eigenvalue weighted by atomic mass is 35.5. The molecule has 1 aliphatic heterocycles. The zero-order chi connectivity index (χ0) is 14.2. The van der Waals surface area contributed by atoms with Crippen molar-refractivity contribution in [1.29, 1.82) is 0 Å². The van der Waals surface area contributed by atoms with Crippen LogP contribution in [0.15, 0.2) is 18.2 Å². The van der Waals surface area contributed by atoms with Crippen LogP contribution >= 0.6 is 23.2 Å². The molecule has 2 nitrogen and oxygen atoms in total. The maximum absolute atomic E-state index is 12.3. The smallest absolute Gasteiger partial charge is 0.312 e. The molecule has 0 N–H and O–H groups in total. The summed E-state index contributed by atoms with van der Waals surface area (Å²) in [6.07, 6.45) is -5.23. The summed E-state index contributed by atoms with van der Waals surface area (Å²) in [6, 6.07) is 4.53. The van der Waals surface area contributed by atoms with Crippen molar-refractivity contribution in [1.82, 2.24) is 0 Å². The van der Waals surface area contributed by atoms with E-state index in [-0.39, 0.29) is 13.0 Å². The predicted octanol–water partition coefficient (Wildman–Crippen LogP) is 4.30. The molecule has 0 spiro atoms. The van der Waals surface area contributed by atoms with E-state index in [1.165, 1.54) is 23.1 Å². The van der Waals surface area contributed by atoms with Crippen molar-refractivity contribution < 1.29 is 18.0 Å². The van der Waals surface area contributed by atoms with E-state index in [0.717, 1.165) is 0 Å². The summed E-state index contributed by atoms with van der Waals surface area (Å²) in [6.45, 7) is 0.246. The Balaban J connectivity index is 2.17. The van der Waals surface area contributed by atoms with Crippen molar-refractivity contribution in [2.24, 2.45) is 5.92 Å². The third kappa shape index (κ3) is 3.54. The van der Waals surface area contributed by atoms with Crippen molar-refractivity contribution in [3.05, 3.63) is 28.2 Å². The molecule has 1 fully saturated rings. The minimum Gasteiger partial charge on any atom is -0.312 e. The fourth-order valence-corrected chi connectivity index (χ4v) is 2.67. The third-order valence-corrected chi connectivity index (χ3v) is 3.39. The molecule has 1 aromatic carbocycles. The summed E-state index contributed by atoms with van der Waals surface area (Å²) in [5.41, 5.74) is 0.437. The molecule has 19 heavy (non-hydrogen) atoms. The number of halogens is 5. The molecular formula is C12H10Cl2F3NO. The molecule has 1 aliphatic rings. The first-order chi connectivity index (χ1) is 8.76. The highest BCUT2D eigenvalue weighted by Crippen LogP contribution is 2.35. The van der Waals surface area contributed by atoms with Crippen LogP contribution in [0.5, 0.6) is 0 Å². The molecule has 104 valence electrons. The lowest BCUT2D eigenvalue weighted by atomic mass is 10.0. The van der Waals surface area contributed by atoms with Gasteiger partial charge in [0.1, 0.15) is 0 Å². The Hall–Kier alpha value is -0.940. The molecular weight excluding hydrogens is 302 g/mol. The minimum atomic E-state index is -4.33. The maximum atomic E-state index is 12.3. The standard InChI is InChI=1S/C12H10Cl2F3NO/c13-8-3-9(14)5-10(4-8)18-2-1-7(11(18)19)6-12(15,16)17/h3-5,7H,1-2,6H2/t7-/m0/s1. The molecule has 7 heteroatoms. The lowest BCUT2D eigenvalue weighted by Crippen LogP contribution is -2.29. The van der Waals surface area contributed by atoms with E-state index in [4.69, 9.17) is 23.2 Å². The van der Waals surface area contributed by atoms with Crippen LogP contribution in [-0.2, 0) is 4.79 Å². The molecule has 0 unspecified atom stereocenters. The highest BCUT2D eigenvalue weighted by molar-refractivity contribution is 6.35. The van der Waals surface area contributed by atoms with Crippen molar-refractivity contribution in [2.75, 3.05) is 11.4 Å². The molecule has 0 aliphatic carbocycles. The zero-order valence-electron chi connectivity index (χ0n) is 9.68. The number of alkyl halides is 3. The molecule has 1 aromatic rings. The van der Waals surface area contributed by atoms with E-state index < -0.39 is 24.4 Å². The van der Waals surface area contributed by atoms with E-state index in [0.29, 0.717) is 15.7 Å². The summed E-state index contributed by atoms with van der Waals surface area (Å²) in [5, 5.41) is 0.684. The van der Waals surface area contributed by atoms with Crippen LogP contribution in [0.2, 0.25) is 10.0 Å². The molecule has 1 amide bonds. The van der Waals surface area contributed by atoms with Gasteiger partial charge < -0.3 is 4.90 Å². The highest BCUT2D eigenvalue weighted by Gasteiger charge is 2.41. The second kappa shape index (κ2) is 5.21. The summed E-state index contributed by atoms with van der Waals surface area (Å²) in [4.78, 5) is 13.2. The van der Waals surface area contributed by atoms with Gasteiger partial charge in [-0.15, -0.1) is 0 Å². The second-order valence-corrected chi connectivity index (χ2v) is 5.30. The van der Waals surface area contributed by atoms with Gasteiger partial charge in [0.25, 0.3) is 0 Å². The van der Waals surface area contributed by atoms with E-state index in [9.17, 15) is 18.0 Å². The number of benzene rings is 1. The average Bonchev–Trinajstić information content (AvgIpc) is 2.56. The fraction of sp³-hybridized carbons (Fsp3) is 0.417. The Morgan fingerprint density at radius 2 is 1.79 bits per heavy atom. The number of amides is 1. The SMILES string of the molecule is O=C1[C@H](CC(F)(F)F)CCN1c1cc(Cl)cc(Cl)c1. The molecule has 1 atom stereocenters. The minimum absolute atomic E-state index is 0.183. The predicted molar refractivity (Wildman–Crippen MR) is 67.6 cm³/mol. The first-order valence-electron chi connectivity index (χ1n) is 5.60. The lowest BCUT2D eigenvalue weighted by Gasteiger charge is -2.18. The van der Waals surface area contributed by atoms with Crippen LogP contribution in [0.3, 0.4) is 0 Å². The average molecular weight is 312 g/mol. The van der Waals surface area contributed by atoms with Gasteiger partial charge in [0.05, 0.1) is 6.42 Å². The Bertz CT molecular complexity index is 484. The molecule has 1 saturated heterocycles. The van der Waals surface area contributed by atoms with Gasteiger partial charge >= 0.3 is 6.18 Å². The van der Waals surface area contributed by atoms with Gasteiger partial charge in [-0.2, -0.15) is 13.2 Å². The fourth-order valence-electron chi connectivity index (χ4n) is 2.16. The van der Waals surface area contributed by atoms with Crippen molar-refractivity contribution in [3.63, 3.8) is 0 Å². The van der Waals surface area contributed by atoms with Gasteiger partial charge in [-0.3, -0.25) is 4.79 Å². The van der Waals surface area contributed by atoms with E-state index in [1.807, 2.05) is 0 Å². The topological polar surface area (TPSA) is 20.3 Å². The number of rotatable bonds is 2. The first kappa shape index (κ1) is 14.5. The normalized spacial score (nSPS) is 20.2. The van der Waals surface area contributed by atoms with Gasteiger partial charge in [-0.25, -0.2) is 0 Å². The molecule has 0 radical (unpaired) electrons. The number of carbonyl (C=O) groups is 1. The van der Waals surface area contributed by atoms with Crippen LogP contribution in [-0.4, -0.2) is 18.6 Å². The largest absolute Gasteiger partial charge is 0.389 e. The van der Waals surface area contributed by atoms with Crippen molar-refractivity contribution in [2.45, 2.75) is 19.0 Å². The first-order valence-corrected chi connectivity index (χ1v) is 6.36. The number of hydrogen-bond acceptors (Lipinski definition) is 1. The number of anilines is 1. The van der Waals surface area contributed by atoms with Crippen molar-refractivity contribution >= 4 is 34.8 Å². The van der Waals surface area contributed by atoms with Crippen LogP contribution in [0.25, 0.3) is 0 Å². The van der Waals surface area contributed by atoms with E-state index in [1.54, 1.807) is 0 Å². The second-order valence-electron chi connectivity index (χ2n) is 4.42. The zero-order valence-corrected chi connectivity index (χ0v) is 11.2. The maximum Gasteiger partial charge on any atom is 0.389 e. The van der Waals surface area contributed by atoms with Gasteiger partial charge in [0, 0.05) is 28.2 Å². The van der Waals surface area contributed by atoms with Gasteiger partial charge in [0.15, 0.2) is 0 Å². The van der Waals surface area contributed by atoms with E-state index >= 15 is 0 Å². The molecule has 1 heterocycles. The van der Waals surface area contributed by atoms with Crippen LogP contribution in [0, 0.1) is 5.92 Å². The third-order valence-electron chi connectivity index (χ3n) is 2.95. The summed E-state index contributed by atoms with van der Waals surface area (Å²) >= 11 is 11.6. The van der Waals surface area contributed by atoms with E-state index in [2.05, 4.69) is 0 Å². The summed E-state index contributed by atoms with van der Waals surface area (Å²) in [5.74, 6) is -1.55. The quantitative estimate of drug-likeness (QED) is 0.797. The van der Waals surface area contributed by atoms with Gasteiger partial charge in [-0.05, 0) is 24.6 Å². The molecule has 2 rings (SSSR count). The van der Waals surface area contributed by atoms with Crippen LogP contribution in [0.4, 0.5) is 18.9 Å². The Labute approximate surface area is 118 Å². The summed E-state index contributed by atoms with van der Waals surface area (Å²) in [7, 11) is 0. The van der Waals surface area contributed by atoms with Crippen molar-refractivity contribution in [3.8, 4) is 0 Å². The Kier molecular flexibility index (Phi) is 3.97.